The number of nitrogens with zero attached hydrogens (tertiary/aromatic N) is 2. The third-order valence-corrected chi connectivity index (χ3v) is 6.62. The average Bonchev–Trinajstić information content (AvgIpc) is 3.34. The predicted molar refractivity (Wildman–Crippen MR) is 130 cm³/mol. The molecule has 172 valence electrons. The van der Waals surface area contributed by atoms with Crippen molar-refractivity contribution >= 4 is 23.4 Å². The van der Waals surface area contributed by atoms with Gasteiger partial charge in [0.1, 0.15) is 6.04 Å². The van der Waals surface area contributed by atoms with E-state index in [0.29, 0.717) is 42.9 Å². The summed E-state index contributed by atoms with van der Waals surface area (Å²) in [6, 6.07) is 22.3. The van der Waals surface area contributed by atoms with Gasteiger partial charge in [0.15, 0.2) is 0 Å². The third-order valence-electron chi connectivity index (χ3n) is 6.62. The molecule has 1 fully saturated rings. The molecule has 1 unspecified atom stereocenters. The lowest BCUT2D eigenvalue weighted by Gasteiger charge is -2.26. The first kappa shape index (κ1) is 21.9. The number of para-hydroxylation sites is 1. The minimum Gasteiger partial charge on any atom is -0.348 e. The highest BCUT2D eigenvalue weighted by molar-refractivity contribution is 6.11. The minimum absolute atomic E-state index is 0.0456. The molecule has 2 heterocycles. The number of anilines is 1. The van der Waals surface area contributed by atoms with E-state index in [-0.39, 0.29) is 17.7 Å². The molecular weight excluding hydrogens is 426 g/mol. The molecule has 3 aromatic carbocycles. The number of nitrogens with one attached hydrogen (secondary N) is 1. The lowest BCUT2D eigenvalue weighted by atomic mass is 10.1. The van der Waals surface area contributed by atoms with Crippen LogP contribution in [0.3, 0.4) is 0 Å². The van der Waals surface area contributed by atoms with Gasteiger partial charge < -0.3 is 15.1 Å². The van der Waals surface area contributed by atoms with Gasteiger partial charge in [0.2, 0.25) is 5.91 Å². The summed E-state index contributed by atoms with van der Waals surface area (Å²) in [5, 5.41) is 2.95. The SMILES string of the molecule is Cc1ccc(CNC(=O)c2ccc(CN3C(=O)C4CCCN4C(=O)c4ccccc43)cc2)cc1. The van der Waals surface area contributed by atoms with Crippen molar-refractivity contribution < 1.29 is 14.4 Å². The zero-order valence-electron chi connectivity index (χ0n) is 19.2. The molecule has 0 radical (unpaired) electrons. The first-order valence-corrected chi connectivity index (χ1v) is 11.7. The Balaban J connectivity index is 1.32. The average molecular weight is 454 g/mol. The molecule has 1 atom stereocenters. The van der Waals surface area contributed by atoms with E-state index in [0.717, 1.165) is 17.5 Å². The fourth-order valence-corrected chi connectivity index (χ4v) is 4.71. The second-order valence-electron chi connectivity index (χ2n) is 8.96. The largest absolute Gasteiger partial charge is 0.348 e. The number of carbonyl (C=O) groups is 3. The van der Waals surface area contributed by atoms with Crippen molar-refractivity contribution in [3.63, 3.8) is 0 Å². The number of fused-ring (bicyclic) bond motifs is 2. The molecule has 6 heteroatoms. The standard InChI is InChI=1S/C28H27N3O3/c1-19-8-10-20(11-9-19)17-29-26(32)22-14-12-21(13-15-22)18-31-24-6-3-2-5-23(24)27(33)30-16-4-7-25(30)28(31)34/h2-3,5-6,8-15,25H,4,7,16-18H2,1H3,(H,29,32). The van der Waals surface area contributed by atoms with E-state index in [1.807, 2.05) is 61.5 Å². The molecule has 0 aromatic heterocycles. The van der Waals surface area contributed by atoms with Gasteiger partial charge in [0.25, 0.3) is 11.8 Å². The topological polar surface area (TPSA) is 69.7 Å². The van der Waals surface area contributed by atoms with Crippen LogP contribution in [-0.4, -0.2) is 35.2 Å². The fraction of sp³-hybridized carbons (Fsp3) is 0.250. The van der Waals surface area contributed by atoms with Crippen LogP contribution in [0.25, 0.3) is 0 Å². The molecule has 6 nitrogen and oxygen atoms in total. The molecule has 2 aliphatic rings. The van der Waals surface area contributed by atoms with Gasteiger partial charge in [-0.1, -0.05) is 54.1 Å². The van der Waals surface area contributed by atoms with Gasteiger partial charge in [-0.3, -0.25) is 14.4 Å². The van der Waals surface area contributed by atoms with Crippen LogP contribution >= 0.6 is 0 Å². The highest BCUT2D eigenvalue weighted by atomic mass is 16.2. The maximum Gasteiger partial charge on any atom is 0.256 e. The Bertz CT molecular complexity index is 1230. The van der Waals surface area contributed by atoms with E-state index in [1.54, 1.807) is 28.0 Å². The lowest BCUT2D eigenvalue weighted by molar-refractivity contribution is -0.122. The Hall–Kier alpha value is -3.93. The molecule has 0 bridgehead atoms. The van der Waals surface area contributed by atoms with Crippen LogP contribution in [0.2, 0.25) is 0 Å². The summed E-state index contributed by atoms with van der Waals surface area (Å²) in [4.78, 5) is 42.5. The molecule has 3 amide bonds. The van der Waals surface area contributed by atoms with Crippen molar-refractivity contribution in [3.05, 3.63) is 101 Å². The highest BCUT2D eigenvalue weighted by Crippen LogP contribution is 2.33. The molecule has 0 saturated carbocycles. The minimum atomic E-state index is -0.410. The van der Waals surface area contributed by atoms with Crippen molar-refractivity contribution in [2.75, 3.05) is 11.4 Å². The summed E-state index contributed by atoms with van der Waals surface area (Å²) < 4.78 is 0. The van der Waals surface area contributed by atoms with Gasteiger partial charge >= 0.3 is 0 Å². The zero-order chi connectivity index (χ0) is 23.7. The number of hydrogen-bond donors (Lipinski definition) is 1. The summed E-state index contributed by atoms with van der Waals surface area (Å²) >= 11 is 0. The van der Waals surface area contributed by atoms with Crippen LogP contribution < -0.4 is 10.2 Å². The van der Waals surface area contributed by atoms with Crippen LogP contribution in [0.5, 0.6) is 0 Å². The van der Waals surface area contributed by atoms with Crippen LogP contribution in [0.4, 0.5) is 5.69 Å². The first-order chi connectivity index (χ1) is 16.5. The summed E-state index contributed by atoms with van der Waals surface area (Å²) in [6.45, 7) is 3.46. The second-order valence-corrected chi connectivity index (χ2v) is 8.96. The second kappa shape index (κ2) is 9.14. The smallest absolute Gasteiger partial charge is 0.256 e. The molecular formula is C28H27N3O3. The lowest BCUT2D eigenvalue weighted by Crippen LogP contribution is -2.44. The monoisotopic (exact) mass is 453 g/mol. The van der Waals surface area contributed by atoms with Crippen molar-refractivity contribution in [1.82, 2.24) is 10.2 Å². The van der Waals surface area contributed by atoms with Gasteiger partial charge in [0.05, 0.1) is 17.8 Å². The Labute approximate surface area is 199 Å². The van der Waals surface area contributed by atoms with E-state index < -0.39 is 6.04 Å². The molecule has 1 N–H and O–H groups in total. The third kappa shape index (κ3) is 4.19. The maximum atomic E-state index is 13.4. The first-order valence-electron chi connectivity index (χ1n) is 11.7. The maximum absolute atomic E-state index is 13.4. The van der Waals surface area contributed by atoms with Crippen LogP contribution in [0.1, 0.15) is 50.2 Å². The summed E-state index contributed by atoms with van der Waals surface area (Å²) in [7, 11) is 0. The molecule has 0 aliphatic carbocycles. The number of hydrogen-bond acceptors (Lipinski definition) is 3. The quantitative estimate of drug-likeness (QED) is 0.633. The number of carbonyl (C=O) groups excluding carboxylic acids is 3. The number of aryl methyl sites for hydroxylation is 1. The van der Waals surface area contributed by atoms with Crippen molar-refractivity contribution in [2.45, 2.75) is 38.9 Å². The van der Waals surface area contributed by atoms with E-state index in [1.165, 1.54) is 5.56 Å². The van der Waals surface area contributed by atoms with E-state index >= 15 is 0 Å². The molecule has 3 aromatic rings. The molecule has 34 heavy (non-hydrogen) atoms. The number of amides is 3. The van der Waals surface area contributed by atoms with Crippen molar-refractivity contribution in [3.8, 4) is 0 Å². The van der Waals surface area contributed by atoms with Crippen LogP contribution in [0, 0.1) is 6.92 Å². The molecule has 0 spiro atoms. The van der Waals surface area contributed by atoms with Crippen LogP contribution in [0.15, 0.2) is 72.8 Å². The van der Waals surface area contributed by atoms with E-state index in [9.17, 15) is 14.4 Å². The Morgan fingerprint density at radius 3 is 2.41 bits per heavy atom. The predicted octanol–water partition coefficient (Wildman–Crippen LogP) is 4.08. The summed E-state index contributed by atoms with van der Waals surface area (Å²) in [5.74, 6) is -0.263. The summed E-state index contributed by atoms with van der Waals surface area (Å²) in [6.07, 6.45) is 1.53. The number of rotatable bonds is 5. The Kier molecular flexibility index (Phi) is 5.88. The fourth-order valence-electron chi connectivity index (χ4n) is 4.71. The molecule has 5 rings (SSSR count). The highest BCUT2D eigenvalue weighted by Gasteiger charge is 2.41. The van der Waals surface area contributed by atoms with Gasteiger partial charge in [-0.05, 0) is 55.2 Å². The zero-order valence-corrected chi connectivity index (χ0v) is 19.2. The Morgan fingerprint density at radius 2 is 1.65 bits per heavy atom. The Morgan fingerprint density at radius 1 is 0.941 bits per heavy atom. The van der Waals surface area contributed by atoms with Gasteiger partial charge in [-0.2, -0.15) is 0 Å². The number of benzene rings is 3. The van der Waals surface area contributed by atoms with Gasteiger partial charge in [0, 0.05) is 18.7 Å². The van der Waals surface area contributed by atoms with Crippen molar-refractivity contribution in [2.24, 2.45) is 0 Å². The normalized spacial score (nSPS) is 17.3. The van der Waals surface area contributed by atoms with Crippen molar-refractivity contribution in [1.29, 1.82) is 0 Å². The molecule has 1 saturated heterocycles. The van der Waals surface area contributed by atoms with E-state index in [4.69, 9.17) is 0 Å². The summed E-state index contributed by atoms with van der Waals surface area (Å²) in [5.41, 5.74) is 4.90. The molecule has 2 aliphatic heterocycles. The van der Waals surface area contributed by atoms with Gasteiger partial charge in [-0.25, -0.2) is 0 Å². The van der Waals surface area contributed by atoms with Gasteiger partial charge in [-0.15, -0.1) is 0 Å². The van der Waals surface area contributed by atoms with E-state index in [2.05, 4.69) is 5.32 Å². The van der Waals surface area contributed by atoms with Crippen LogP contribution in [-0.2, 0) is 17.9 Å².